The molecule has 2 rings (SSSR count). The summed E-state index contributed by atoms with van der Waals surface area (Å²) < 4.78 is 12.0. The van der Waals surface area contributed by atoms with Gasteiger partial charge in [-0.25, -0.2) is 0 Å². The maximum Gasteiger partial charge on any atom is 0.252 e. The molecule has 5 heteroatoms. The summed E-state index contributed by atoms with van der Waals surface area (Å²) in [4.78, 5) is 12.3. The molecule has 0 aliphatic heterocycles. The molecule has 1 N–H and O–H groups in total. The molecule has 0 saturated heterocycles. The first kappa shape index (κ1) is 19.3. The topological polar surface area (TPSA) is 47.6 Å². The summed E-state index contributed by atoms with van der Waals surface area (Å²) in [5.74, 6) is 1.88. The van der Waals surface area contributed by atoms with Crippen molar-refractivity contribution in [2.24, 2.45) is 5.92 Å². The van der Waals surface area contributed by atoms with Gasteiger partial charge in [-0.1, -0.05) is 32.0 Å². The SMILES string of the molecule is COc1cc(CNC(=O)c2ccccc2Br)ccc1OCCC(C)C. The molecule has 0 radical (unpaired) electrons. The van der Waals surface area contributed by atoms with Gasteiger partial charge in [-0.05, 0) is 58.1 Å². The third-order valence-corrected chi connectivity index (χ3v) is 4.44. The van der Waals surface area contributed by atoms with Crippen LogP contribution in [0.1, 0.15) is 36.2 Å². The summed E-state index contributed by atoms with van der Waals surface area (Å²) in [5.41, 5.74) is 1.57. The standard InChI is InChI=1S/C20H24BrNO3/c1-14(2)10-11-25-18-9-8-15(12-19(18)24-3)13-22-20(23)16-6-4-5-7-17(16)21/h4-9,12,14H,10-11,13H2,1-3H3,(H,22,23). The van der Waals surface area contributed by atoms with E-state index in [1.54, 1.807) is 13.2 Å². The number of nitrogens with one attached hydrogen (secondary N) is 1. The highest BCUT2D eigenvalue weighted by atomic mass is 79.9. The Morgan fingerprint density at radius 1 is 1.16 bits per heavy atom. The van der Waals surface area contributed by atoms with Crippen LogP contribution in [0.25, 0.3) is 0 Å². The molecule has 0 aliphatic rings. The van der Waals surface area contributed by atoms with Crippen molar-refractivity contribution < 1.29 is 14.3 Å². The second kappa shape index (κ2) is 9.47. The molecule has 0 aliphatic carbocycles. The first-order chi connectivity index (χ1) is 12.0. The number of hydrogen-bond donors (Lipinski definition) is 1. The fraction of sp³-hybridized carbons (Fsp3) is 0.350. The number of halogens is 1. The molecule has 0 aromatic heterocycles. The Morgan fingerprint density at radius 3 is 2.60 bits per heavy atom. The van der Waals surface area contributed by atoms with Crippen LogP contribution in [0.2, 0.25) is 0 Å². The molecule has 0 saturated carbocycles. The molecule has 2 aromatic carbocycles. The van der Waals surface area contributed by atoms with E-state index in [0.29, 0.717) is 30.4 Å². The van der Waals surface area contributed by atoms with E-state index < -0.39 is 0 Å². The van der Waals surface area contributed by atoms with Crippen LogP contribution >= 0.6 is 15.9 Å². The third kappa shape index (κ3) is 5.78. The average molecular weight is 406 g/mol. The molecule has 25 heavy (non-hydrogen) atoms. The van der Waals surface area contributed by atoms with Crippen LogP contribution in [-0.2, 0) is 6.54 Å². The van der Waals surface area contributed by atoms with Gasteiger partial charge in [0.1, 0.15) is 0 Å². The molecule has 0 bridgehead atoms. The van der Waals surface area contributed by atoms with Gasteiger partial charge in [0, 0.05) is 11.0 Å². The van der Waals surface area contributed by atoms with E-state index in [1.165, 1.54) is 0 Å². The Morgan fingerprint density at radius 2 is 1.92 bits per heavy atom. The zero-order valence-corrected chi connectivity index (χ0v) is 16.4. The van der Waals surface area contributed by atoms with Crippen LogP contribution in [-0.4, -0.2) is 19.6 Å². The molecule has 2 aromatic rings. The molecule has 0 fully saturated rings. The lowest BCUT2D eigenvalue weighted by Crippen LogP contribution is -2.23. The zero-order valence-electron chi connectivity index (χ0n) is 14.8. The smallest absolute Gasteiger partial charge is 0.252 e. The molecule has 0 heterocycles. The number of amides is 1. The van der Waals surface area contributed by atoms with Crippen LogP contribution in [0.15, 0.2) is 46.9 Å². The highest BCUT2D eigenvalue weighted by Crippen LogP contribution is 2.28. The second-order valence-electron chi connectivity index (χ2n) is 6.18. The summed E-state index contributed by atoms with van der Waals surface area (Å²) in [7, 11) is 1.62. The van der Waals surface area contributed by atoms with Gasteiger partial charge in [0.2, 0.25) is 0 Å². The number of hydrogen-bond acceptors (Lipinski definition) is 3. The largest absolute Gasteiger partial charge is 0.493 e. The molecule has 134 valence electrons. The predicted molar refractivity (Wildman–Crippen MR) is 103 cm³/mol. The van der Waals surface area contributed by atoms with Crippen molar-refractivity contribution in [2.75, 3.05) is 13.7 Å². The van der Waals surface area contributed by atoms with Crippen LogP contribution in [0, 0.1) is 5.92 Å². The summed E-state index contributed by atoms with van der Waals surface area (Å²) >= 11 is 3.39. The lowest BCUT2D eigenvalue weighted by atomic mass is 10.1. The van der Waals surface area contributed by atoms with Gasteiger partial charge < -0.3 is 14.8 Å². The van der Waals surface area contributed by atoms with Crippen LogP contribution in [0.4, 0.5) is 0 Å². The van der Waals surface area contributed by atoms with Crippen molar-refractivity contribution in [1.82, 2.24) is 5.32 Å². The number of benzene rings is 2. The van der Waals surface area contributed by atoms with Crippen molar-refractivity contribution in [3.05, 3.63) is 58.1 Å². The molecular weight excluding hydrogens is 382 g/mol. The van der Waals surface area contributed by atoms with E-state index in [2.05, 4.69) is 35.1 Å². The van der Waals surface area contributed by atoms with Crippen molar-refractivity contribution in [1.29, 1.82) is 0 Å². The maximum atomic E-state index is 12.3. The first-order valence-corrected chi connectivity index (χ1v) is 9.13. The van der Waals surface area contributed by atoms with Gasteiger partial charge in [-0.2, -0.15) is 0 Å². The number of rotatable bonds is 8. The number of ether oxygens (including phenoxy) is 2. The molecule has 0 unspecified atom stereocenters. The number of carbonyl (C=O) groups is 1. The first-order valence-electron chi connectivity index (χ1n) is 8.33. The Balaban J connectivity index is 1.98. The minimum atomic E-state index is -0.122. The quantitative estimate of drug-likeness (QED) is 0.684. The molecule has 0 atom stereocenters. The third-order valence-electron chi connectivity index (χ3n) is 3.75. The molecule has 1 amide bonds. The highest BCUT2D eigenvalue weighted by Gasteiger charge is 2.10. The average Bonchev–Trinajstić information content (AvgIpc) is 2.60. The molecular formula is C20H24BrNO3. The van der Waals surface area contributed by atoms with Gasteiger partial charge >= 0.3 is 0 Å². The Kier molecular flexibility index (Phi) is 7.31. The zero-order chi connectivity index (χ0) is 18.2. The van der Waals surface area contributed by atoms with Crippen LogP contribution < -0.4 is 14.8 Å². The van der Waals surface area contributed by atoms with E-state index in [4.69, 9.17) is 9.47 Å². The summed E-state index contributed by atoms with van der Waals surface area (Å²) in [6, 6.07) is 13.1. The van der Waals surface area contributed by atoms with Gasteiger partial charge in [-0.3, -0.25) is 4.79 Å². The van der Waals surface area contributed by atoms with Gasteiger partial charge in [0.05, 0.1) is 19.3 Å². The van der Waals surface area contributed by atoms with Crippen LogP contribution in [0.3, 0.4) is 0 Å². The number of methoxy groups -OCH3 is 1. The highest BCUT2D eigenvalue weighted by molar-refractivity contribution is 9.10. The van der Waals surface area contributed by atoms with Gasteiger partial charge in [-0.15, -0.1) is 0 Å². The summed E-state index contributed by atoms with van der Waals surface area (Å²) in [6.45, 7) is 5.41. The second-order valence-corrected chi connectivity index (χ2v) is 7.03. The Hall–Kier alpha value is -2.01. The Bertz CT molecular complexity index is 716. The monoisotopic (exact) mass is 405 g/mol. The van der Waals surface area contributed by atoms with Crippen molar-refractivity contribution in [3.8, 4) is 11.5 Å². The lowest BCUT2D eigenvalue weighted by molar-refractivity contribution is 0.0950. The van der Waals surface area contributed by atoms with Crippen molar-refractivity contribution in [2.45, 2.75) is 26.8 Å². The van der Waals surface area contributed by atoms with Crippen molar-refractivity contribution in [3.63, 3.8) is 0 Å². The van der Waals surface area contributed by atoms with Gasteiger partial charge in [0.25, 0.3) is 5.91 Å². The lowest BCUT2D eigenvalue weighted by Gasteiger charge is -2.13. The fourth-order valence-electron chi connectivity index (χ4n) is 2.27. The van der Waals surface area contributed by atoms with Crippen molar-refractivity contribution >= 4 is 21.8 Å². The van der Waals surface area contributed by atoms with E-state index in [-0.39, 0.29) is 5.91 Å². The molecule has 0 spiro atoms. The van der Waals surface area contributed by atoms with E-state index in [1.807, 2.05) is 36.4 Å². The minimum Gasteiger partial charge on any atom is -0.493 e. The summed E-state index contributed by atoms with van der Waals surface area (Å²) in [6.07, 6.45) is 0.993. The molecule has 4 nitrogen and oxygen atoms in total. The fourth-order valence-corrected chi connectivity index (χ4v) is 2.73. The van der Waals surface area contributed by atoms with E-state index in [0.717, 1.165) is 22.2 Å². The van der Waals surface area contributed by atoms with E-state index in [9.17, 15) is 4.79 Å². The van der Waals surface area contributed by atoms with E-state index >= 15 is 0 Å². The van der Waals surface area contributed by atoms with Crippen LogP contribution in [0.5, 0.6) is 11.5 Å². The predicted octanol–water partition coefficient (Wildman–Crippen LogP) is 4.81. The summed E-state index contributed by atoms with van der Waals surface area (Å²) in [5, 5.41) is 2.92. The number of carbonyl (C=O) groups excluding carboxylic acids is 1. The Labute approximate surface area is 157 Å². The minimum absolute atomic E-state index is 0.122. The maximum absolute atomic E-state index is 12.3. The van der Waals surface area contributed by atoms with Gasteiger partial charge in [0.15, 0.2) is 11.5 Å². The normalized spacial score (nSPS) is 10.6.